The Morgan fingerprint density at radius 2 is 1.80 bits per heavy atom. The van der Waals surface area contributed by atoms with Gasteiger partial charge in [-0.3, -0.25) is 4.79 Å². The number of rotatable bonds is 9. The lowest BCUT2D eigenvalue weighted by molar-refractivity contribution is -0.121. The van der Waals surface area contributed by atoms with Crippen molar-refractivity contribution in [2.45, 2.75) is 44.2 Å². The zero-order valence-electron chi connectivity index (χ0n) is 15.2. The average molecular weight is 345 g/mol. The highest BCUT2D eigenvalue weighted by atomic mass is 16.5. The summed E-state index contributed by atoms with van der Waals surface area (Å²) in [4.78, 5) is 12.4. The summed E-state index contributed by atoms with van der Waals surface area (Å²) in [6, 6.07) is 4.41. The minimum atomic E-state index is 0.0381. The number of fused-ring (bicyclic) bond motifs is 2. The minimum Gasteiger partial charge on any atom is -0.493 e. The van der Waals surface area contributed by atoms with Crippen molar-refractivity contribution in [2.75, 3.05) is 21.3 Å². The van der Waals surface area contributed by atoms with Gasteiger partial charge < -0.3 is 19.5 Å². The lowest BCUT2D eigenvalue weighted by Crippen LogP contribution is -2.39. The van der Waals surface area contributed by atoms with E-state index in [9.17, 15) is 4.79 Å². The molecule has 2 bridgehead atoms. The van der Waals surface area contributed by atoms with Gasteiger partial charge in [0.2, 0.25) is 5.75 Å². The van der Waals surface area contributed by atoms with Gasteiger partial charge in [-0.25, -0.2) is 0 Å². The van der Waals surface area contributed by atoms with E-state index < -0.39 is 0 Å². The van der Waals surface area contributed by atoms with E-state index in [4.69, 9.17) is 14.2 Å². The van der Waals surface area contributed by atoms with E-state index in [0.29, 0.717) is 41.4 Å². The number of carbonyl (C=O) groups is 1. The number of hydrogen-bond acceptors (Lipinski definition) is 5. The van der Waals surface area contributed by atoms with Crippen LogP contribution in [0.4, 0.5) is 0 Å². The molecule has 2 aliphatic rings. The Morgan fingerprint density at radius 1 is 1.08 bits per heavy atom. The molecular formula is C20H27NO4. The number of Topliss-reactive ketones (excluding diaryl/α,β-unsaturated/α-hetero) is 1. The Bertz CT molecular complexity index is 630. The molecule has 1 N–H and O–H groups in total. The topological polar surface area (TPSA) is 56.8 Å². The molecule has 25 heavy (non-hydrogen) atoms. The second-order valence-corrected chi connectivity index (χ2v) is 6.74. The molecule has 1 fully saturated rings. The van der Waals surface area contributed by atoms with Gasteiger partial charge in [0.05, 0.1) is 27.4 Å². The van der Waals surface area contributed by atoms with Crippen molar-refractivity contribution in [3.63, 3.8) is 0 Å². The molecule has 1 aliphatic carbocycles. The molecule has 3 unspecified atom stereocenters. The first-order valence-electron chi connectivity index (χ1n) is 8.92. The summed E-state index contributed by atoms with van der Waals surface area (Å²) >= 11 is 0. The van der Waals surface area contributed by atoms with Crippen LogP contribution in [0, 0.1) is 5.92 Å². The predicted octanol–water partition coefficient (Wildman–Crippen LogP) is 2.91. The third kappa shape index (κ3) is 3.82. The number of nitrogens with one attached hydrogen (secondary N) is 1. The van der Waals surface area contributed by atoms with Crippen LogP contribution >= 0.6 is 0 Å². The van der Waals surface area contributed by atoms with Crippen LogP contribution in [0.15, 0.2) is 24.3 Å². The molecular weight excluding hydrogens is 318 g/mol. The van der Waals surface area contributed by atoms with Gasteiger partial charge in [0, 0.05) is 18.4 Å². The Kier molecular flexibility index (Phi) is 5.63. The van der Waals surface area contributed by atoms with Crippen molar-refractivity contribution in [1.29, 1.82) is 0 Å². The summed E-state index contributed by atoms with van der Waals surface area (Å²) in [6.45, 7) is 0. The van der Waals surface area contributed by atoms with Crippen molar-refractivity contribution in [3.05, 3.63) is 29.8 Å². The molecule has 0 amide bonds. The van der Waals surface area contributed by atoms with Crippen LogP contribution in [0.5, 0.6) is 17.2 Å². The third-order valence-electron chi connectivity index (χ3n) is 5.15. The highest BCUT2D eigenvalue weighted by Gasteiger charge is 2.38. The maximum Gasteiger partial charge on any atom is 0.203 e. The molecule has 0 radical (unpaired) electrons. The molecule has 5 nitrogen and oxygen atoms in total. The van der Waals surface area contributed by atoms with Gasteiger partial charge in [-0.15, -0.1) is 0 Å². The highest BCUT2D eigenvalue weighted by Crippen LogP contribution is 2.38. The zero-order valence-corrected chi connectivity index (χ0v) is 15.2. The van der Waals surface area contributed by atoms with Crippen LogP contribution in [-0.2, 0) is 11.2 Å². The summed E-state index contributed by atoms with van der Waals surface area (Å²) in [7, 11) is 4.84. The number of ether oxygens (including phenoxy) is 3. The number of ketones is 1. The van der Waals surface area contributed by atoms with Crippen LogP contribution in [0.2, 0.25) is 0 Å². The molecule has 0 aromatic heterocycles. The van der Waals surface area contributed by atoms with E-state index in [0.717, 1.165) is 31.2 Å². The fourth-order valence-electron chi connectivity index (χ4n) is 3.85. The normalized spacial score (nSPS) is 23.7. The Hall–Kier alpha value is -2.01. The van der Waals surface area contributed by atoms with Crippen LogP contribution in [-0.4, -0.2) is 39.2 Å². The first-order chi connectivity index (χ1) is 12.2. The third-order valence-corrected chi connectivity index (χ3v) is 5.15. The molecule has 1 heterocycles. The van der Waals surface area contributed by atoms with Gasteiger partial charge >= 0.3 is 0 Å². The predicted molar refractivity (Wildman–Crippen MR) is 96.6 cm³/mol. The molecule has 1 aliphatic heterocycles. The number of benzene rings is 1. The summed E-state index contributed by atoms with van der Waals surface area (Å²) < 4.78 is 16.1. The van der Waals surface area contributed by atoms with Gasteiger partial charge in [0.25, 0.3) is 0 Å². The Morgan fingerprint density at radius 3 is 2.32 bits per heavy atom. The molecule has 0 spiro atoms. The lowest BCUT2D eigenvalue weighted by atomic mass is 9.95. The zero-order chi connectivity index (χ0) is 17.8. The number of unbranched alkanes of at least 4 members (excludes halogenated alkanes) is 1. The second-order valence-electron chi connectivity index (χ2n) is 6.74. The Labute approximate surface area is 149 Å². The average Bonchev–Trinajstić information content (AvgIpc) is 3.27. The minimum absolute atomic E-state index is 0.0381. The fraction of sp³-hybridized carbons (Fsp3) is 0.550. The van der Waals surface area contributed by atoms with Crippen LogP contribution in [0.25, 0.3) is 0 Å². The SMILES string of the molecule is COc1cc(CCCCC(=O)C2NC3C=CC2C3)cc(OC)c1OC. The Balaban J connectivity index is 1.50. The smallest absolute Gasteiger partial charge is 0.203 e. The van der Waals surface area contributed by atoms with E-state index in [2.05, 4.69) is 17.5 Å². The van der Waals surface area contributed by atoms with E-state index in [1.165, 1.54) is 0 Å². The van der Waals surface area contributed by atoms with Crippen molar-refractivity contribution in [2.24, 2.45) is 5.92 Å². The quantitative estimate of drug-likeness (QED) is 0.551. The number of aryl methyl sites for hydroxylation is 1. The number of carbonyl (C=O) groups excluding carboxylic acids is 1. The summed E-state index contributed by atoms with van der Waals surface area (Å²) in [5.41, 5.74) is 1.13. The van der Waals surface area contributed by atoms with E-state index in [1.807, 2.05) is 12.1 Å². The van der Waals surface area contributed by atoms with Crippen molar-refractivity contribution < 1.29 is 19.0 Å². The van der Waals surface area contributed by atoms with Gasteiger partial charge in [0.15, 0.2) is 11.5 Å². The highest BCUT2D eigenvalue weighted by molar-refractivity contribution is 5.85. The largest absolute Gasteiger partial charge is 0.493 e. The van der Waals surface area contributed by atoms with Crippen LogP contribution < -0.4 is 19.5 Å². The van der Waals surface area contributed by atoms with Gasteiger partial charge in [-0.1, -0.05) is 12.2 Å². The lowest BCUT2D eigenvalue weighted by Gasteiger charge is -2.18. The molecule has 3 atom stereocenters. The maximum absolute atomic E-state index is 12.4. The molecule has 1 saturated heterocycles. The maximum atomic E-state index is 12.4. The summed E-state index contributed by atoms with van der Waals surface area (Å²) in [5, 5.41) is 3.41. The van der Waals surface area contributed by atoms with Gasteiger partial charge in [0.1, 0.15) is 5.78 Å². The monoisotopic (exact) mass is 345 g/mol. The number of methoxy groups -OCH3 is 3. The van der Waals surface area contributed by atoms with Crippen molar-refractivity contribution in [1.82, 2.24) is 5.32 Å². The fourth-order valence-corrected chi connectivity index (χ4v) is 3.85. The van der Waals surface area contributed by atoms with Crippen molar-refractivity contribution in [3.8, 4) is 17.2 Å². The van der Waals surface area contributed by atoms with Crippen LogP contribution in [0.1, 0.15) is 31.2 Å². The molecule has 3 rings (SSSR count). The summed E-state index contributed by atoms with van der Waals surface area (Å²) in [6.07, 6.45) is 8.84. The standard InChI is InChI=1S/C20H27NO4/c1-23-17-10-13(11-18(24-2)20(17)25-3)6-4-5-7-16(22)19-14-8-9-15(12-14)21-19/h8-11,14-15,19,21H,4-7,12H2,1-3H3. The van der Waals surface area contributed by atoms with Crippen molar-refractivity contribution >= 4 is 5.78 Å². The second kappa shape index (κ2) is 7.91. The summed E-state index contributed by atoms with van der Waals surface area (Å²) in [5.74, 6) is 2.71. The molecule has 136 valence electrons. The molecule has 0 saturated carbocycles. The van der Waals surface area contributed by atoms with E-state index >= 15 is 0 Å². The van der Waals surface area contributed by atoms with E-state index in [-0.39, 0.29) is 6.04 Å². The first-order valence-corrected chi connectivity index (χ1v) is 8.92. The molecule has 1 aromatic carbocycles. The van der Waals surface area contributed by atoms with Gasteiger partial charge in [-0.2, -0.15) is 0 Å². The molecule has 5 heteroatoms. The molecule has 1 aromatic rings. The van der Waals surface area contributed by atoms with E-state index in [1.54, 1.807) is 21.3 Å². The van der Waals surface area contributed by atoms with Gasteiger partial charge in [-0.05, 0) is 43.4 Å². The van der Waals surface area contributed by atoms with Crippen LogP contribution in [0.3, 0.4) is 0 Å². The first kappa shape index (κ1) is 17.8. The number of hydrogen-bond donors (Lipinski definition) is 1.